The molecule has 4 fully saturated rings. The fourth-order valence-electron chi connectivity index (χ4n) is 11.8. The second-order valence-electron chi connectivity index (χ2n) is 24.7. The Labute approximate surface area is 499 Å². The number of benzene rings is 6. The molecule has 6 aromatic carbocycles. The summed E-state index contributed by atoms with van der Waals surface area (Å²) in [6, 6.07) is 28.3. The van der Waals surface area contributed by atoms with Crippen LogP contribution < -0.4 is 14.2 Å². The summed E-state index contributed by atoms with van der Waals surface area (Å²) in [7, 11) is 4.79. The monoisotopic (exact) mass is 1170 g/mol. The molecule has 3 heterocycles. The minimum atomic E-state index is -0.558. The van der Waals surface area contributed by atoms with E-state index >= 15 is 0 Å². The number of ketones is 3. The van der Waals surface area contributed by atoms with E-state index in [1.54, 1.807) is 43.3 Å². The zero-order chi connectivity index (χ0) is 60.5. The van der Waals surface area contributed by atoms with Gasteiger partial charge in [-0.3, -0.25) is 14.4 Å². The normalized spacial score (nSPS) is 18.5. The number of nitrogens with zero attached hydrogens (tertiary/aromatic N) is 3. The highest BCUT2D eigenvalue weighted by atomic mass is 35.5. The largest absolute Gasteiger partial charge is 0.496 e. The number of Topliss-reactive ketones (excluding diaryl/α,β-unsaturated/α-hetero) is 3. The van der Waals surface area contributed by atoms with Crippen molar-refractivity contribution in [2.75, 3.05) is 67.1 Å². The maximum absolute atomic E-state index is 13.1. The molecule has 84 heavy (non-hydrogen) atoms. The molecule has 0 bridgehead atoms. The fraction of sp³-hybridized carbons (Fsp3) is 0.485. The number of amides is 2. The highest BCUT2D eigenvalue weighted by molar-refractivity contribution is 6.18. The zero-order valence-electron chi connectivity index (χ0n) is 50.4. The van der Waals surface area contributed by atoms with Gasteiger partial charge in [-0.05, 0) is 174 Å². The number of likely N-dealkylation sites (tertiary alicyclic amines) is 3. The zero-order valence-corrected chi connectivity index (χ0v) is 51.2. The first-order valence-corrected chi connectivity index (χ1v) is 30.1. The lowest BCUT2D eigenvalue weighted by atomic mass is 9.88. The minimum Gasteiger partial charge on any atom is -0.496 e. The van der Waals surface area contributed by atoms with E-state index in [1.165, 1.54) is 19.4 Å². The van der Waals surface area contributed by atoms with Crippen LogP contribution in [-0.2, 0) is 28.6 Å². The maximum atomic E-state index is 13.1. The first-order valence-electron chi connectivity index (χ1n) is 29.5. The third-order valence-corrected chi connectivity index (χ3v) is 16.5. The fourth-order valence-corrected chi connectivity index (χ4v) is 12.1. The van der Waals surface area contributed by atoms with Gasteiger partial charge in [0, 0.05) is 90.4 Å². The summed E-state index contributed by atoms with van der Waals surface area (Å²) in [5.41, 5.74) is 3.34. The highest BCUT2D eigenvalue weighted by Crippen LogP contribution is 2.36. The summed E-state index contributed by atoms with van der Waals surface area (Å²) in [6.07, 6.45) is 7.18. The number of piperidine rings is 3. The van der Waals surface area contributed by atoms with E-state index < -0.39 is 11.2 Å². The molecule has 0 radical (unpaired) electrons. The summed E-state index contributed by atoms with van der Waals surface area (Å²) in [5, 5.41) is 25.0. The van der Waals surface area contributed by atoms with Crippen molar-refractivity contribution >= 4 is 73.5 Å². The molecule has 1 aliphatic carbocycles. The summed E-state index contributed by atoms with van der Waals surface area (Å²) in [5.74, 6) is 3.24. The highest BCUT2D eigenvalue weighted by Gasteiger charge is 2.35. The number of methoxy groups -OCH3 is 3. The molecule has 6 aromatic rings. The third kappa shape index (κ3) is 15.7. The van der Waals surface area contributed by atoms with Crippen molar-refractivity contribution in [2.24, 2.45) is 23.7 Å². The summed E-state index contributed by atoms with van der Waals surface area (Å²) >= 11 is 6.11. The van der Waals surface area contributed by atoms with Crippen molar-refractivity contribution in [1.29, 1.82) is 0 Å². The smallest absolute Gasteiger partial charge is 0.410 e. The van der Waals surface area contributed by atoms with Crippen LogP contribution in [0.25, 0.3) is 32.3 Å². The number of alkyl halides is 1. The van der Waals surface area contributed by atoms with Crippen LogP contribution in [0.4, 0.5) is 9.59 Å². The van der Waals surface area contributed by atoms with Crippen LogP contribution in [0.3, 0.4) is 0 Å². The average molecular weight is 1170 g/mol. The van der Waals surface area contributed by atoms with Gasteiger partial charge < -0.3 is 48.6 Å². The molecule has 1 saturated carbocycles. The number of fused-ring (bicyclic) bond motifs is 3. The number of carbonyl (C=O) groups is 5. The first-order chi connectivity index (χ1) is 40.1. The molecule has 16 heteroatoms. The Morgan fingerprint density at radius 1 is 0.488 bits per heavy atom. The molecule has 3 atom stereocenters. The molecular formula is C68H84ClN3O12. The van der Waals surface area contributed by atoms with Crippen LogP contribution in [0.2, 0.25) is 0 Å². The van der Waals surface area contributed by atoms with Gasteiger partial charge in [-0.25, -0.2) is 9.59 Å². The summed E-state index contributed by atoms with van der Waals surface area (Å²) in [6.45, 7) is 16.0. The van der Waals surface area contributed by atoms with E-state index in [9.17, 15) is 34.2 Å². The molecule has 0 spiro atoms. The van der Waals surface area contributed by atoms with Crippen LogP contribution in [-0.4, -0.2) is 133 Å². The summed E-state index contributed by atoms with van der Waals surface area (Å²) < 4.78 is 27.0. The molecule has 15 nitrogen and oxygen atoms in total. The number of rotatable bonds is 14. The number of ether oxygens (including phenoxy) is 5. The number of aliphatic hydroxyl groups excluding tert-OH is 2. The summed E-state index contributed by atoms with van der Waals surface area (Å²) in [4.78, 5) is 69.9. The quantitative estimate of drug-likeness (QED) is 0.0777. The van der Waals surface area contributed by atoms with E-state index in [4.69, 9.17) is 35.3 Å². The van der Waals surface area contributed by atoms with Crippen molar-refractivity contribution in [3.8, 4) is 17.2 Å². The first kappa shape index (κ1) is 63.2. The molecule has 3 saturated heterocycles. The lowest BCUT2D eigenvalue weighted by Crippen LogP contribution is -2.44. The lowest BCUT2D eigenvalue weighted by molar-refractivity contribution is 0.0159. The van der Waals surface area contributed by atoms with Crippen LogP contribution >= 0.6 is 11.6 Å². The van der Waals surface area contributed by atoms with Crippen LogP contribution in [0.15, 0.2) is 91.0 Å². The van der Waals surface area contributed by atoms with Crippen LogP contribution in [0.5, 0.6) is 17.2 Å². The van der Waals surface area contributed by atoms with Crippen molar-refractivity contribution in [3.63, 3.8) is 0 Å². The van der Waals surface area contributed by atoms with Gasteiger partial charge in [0.05, 0.1) is 40.4 Å². The third-order valence-electron chi connectivity index (χ3n) is 16.2. The lowest BCUT2D eigenvalue weighted by Gasteiger charge is -2.33. The molecule has 2 N–H and O–H groups in total. The standard InChI is InChI=1S/C23H28ClNO4.C23H29NO5.C22H27NO3/c1-23(2,3)29-22(27)25-11-5-6-17(14-25)21(26)16-7-9-18-15(12-16)8-10-20(28-4)19(18)13-24;1-23(2,3)29-22(27)24-11-5-6-17(13-24)21(26)16-7-9-18-15(12-16)8-10-20(28-4)19(18)14-25;1-26-21-9-7-16-11-17(6-8-19(16)20(21)14-24)22(25)18-3-2-10-23(13-18)12-15-4-5-15/h7-10,12,17H,5-6,11,13-14H2,1-4H3;7-10,12,17,25H,5-6,11,13-14H2,1-4H3;6-9,11,15,18,24H,2-5,10,12-14H2,1H3. The Kier molecular flexibility index (Phi) is 21.0. The second-order valence-corrected chi connectivity index (χ2v) is 24.9. The van der Waals surface area contributed by atoms with Crippen molar-refractivity contribution < 1.29 is 57.9 Å². The van der Waals surface area contributed by atoms with Crippen LogP contribution in [0, 0.1) is 23.7 Å². The van der Waals surface area contributed by atoms with E-state index in [-0.39, 0.29) is 60.5 Å². The molecule has 2 amide bonds. The number of aliphatic hydroxyl groups is 2. The van der Waals surface area contributed by atoms with Gasteiger partial charge in [-0.1, -0.05) is 54.6 Å². The molecule has 0 aromatic heterocycles. The van der Waals surface area contributed by atoms with E-state index in [1.807, 2.05) is 120 Å². The Morgan fingerprint density at radius 2 is 0.845 bits per heavy atom. The van der Waals surface area contributed by atoms with Gasteiger partial charge in [-0.15, -0.1) is 11.6 Å². The Balaban J connectivity index is 0.000000165. The molecule has 4 aliphatic rings. The second kappa shape index (κ2) is 27.9. The number of halogens is 1. The van der Waals surface area contributed by atoms with Gasteiger partial charge in [0.2, 0.25) is 0 Å². The van der Waals surface area contributed by atoms with Gasteiger partial charge in [0.15, 0.2) is 17.3 Å². The maximum Gasteiger partial charge on any atom is 0.410 e. The molecular weight excluding hydrogens is 1090 g/mol. The van der Waals surface area contributed by atoms with E-state index in [2.05, 4.69) is 4.90 Å². The Bertz CT molecular complexity index is 3190. The van der Waals surface area contributed by atoms with Gasteiger partial charge >= 0.3 is 12.2 Å². The predicted octanol–water partition coefficient (Wildman–Crippen LogP) is 13.2. The van der Waals surface area contributed by atoms with Gasteiger partial charge in [0.25, 0.3) is 0 Å². The predicted molar refractivity (Wildman–Crippen MR) is 329 cm³/mol. The number of carbonyl (C=O) groups excluding carboxylic acids is 5. The molecule has 3 unspecified atom stereocenters. The Morgan fingerprint density at radius 3 is 1.19 bits per heavy atom. The molecule has 450 valence electrons. The SMILES string of the molecule is COc1ccc2cc(C(=O)C3CCCN(C(=O)OC(C)(C)C)C3)ccc2c1CCl.COc1ccc2cc(C(=O)C3CCCN(C(=O)OC(C)(C)C)C3)ccc2c1CO.COc1ccc2cc(C(=O)C3CCCN(CC4CC4)C3)ccc2c1CO. The minimum absolute atomic E-state index is 0.0292. The van der Waals surface area contributed by atoms with Crippen molar-refractivity contribution in [1.82, 2.24) is 14.7 Å². The topological polar surface area (TPSA) is 182 Å². The molecule has 10 rings (SSSR count). The van der Waals surface area contributed by atoms with Gasteiger partial charge in [-0.2, -0.15) is 0 Å². The number of hydrogen-bond donors (Lipinski definition) is 2. The van der Waals surface area contributed by atoms with Gasteiger partial charge in [0.1, 0.15) is 28.5 Å². The molecule has 3 aliphatic heterocycles. The van der Waals surface area contributed by atoms with E-state index in [0.717, 1.165) is 112 Å². The van der Waals surface area contributed by atoms with Crippen molar-refractivity contribution in [2.45, 2.75) is 123 Å². The van der Waals surface area contributed by atoms with E-state index in [0.29, 0.717) is 60.2 Å². The van der Waals surface area contributed by atoms with Crippen molar-refractivity contribution in [3.05, 3.63) is 124 Å². The van der Waals surface area contributed by atoms with Crippen LogP contribution in [0.1, 0.15) is 141 Å². The number of hydrogen-bond acceptors (Lipinski definition) is 13. The average Bonchev–Trinajstić information content (AvgIpc) is 4.16. The Hall–Kier alpha value is -6.78.